The van der Waals surface area contributed by atoms with Crippen molar-refractivity contribution >= 4 is 23.7 Å². The summed E-state index contributed by atoms with van der Waals surface area (Å²) in [5.74, 6) is 1.94. The van der Waals surface area contributed by atoms with Crippen molar-refractivity contribution < 1.29 is 19.0 Å². The second-order valence-electron chi connectivity index (χ2n) is 7.08. The van der Waals surface area contributed by atoms with Gasteiger partial charge in [-0.25, -0.2) is 5.43 Å². The Bertz CT molecular complexity index is 897. The van der Waals surface area contributed by atoms with Crippen LogP contribution in [0.15, 0.2) is 35.4 Å². The topological polar surface area (TPSA) is 69.2 Å². The zero-order valence-corrected chi connectivity index (χ0v) is 18.9. The molecule has 0 aromatic heterocycles. The van der Waals surface area contributed by atoms with Crippen LogP contribution in [0.4, 0.5) is 0 Å². The van der Waals surface area contributed by atoms with Crippen molar-refractivity contribution in [1.29, 1.82) is 0 Å². The summed E-state index contributed by atoms with van der Waals surface area (Å²) in [5.41, 5.74) is 5.34. The highest BCUT2D eigenvalue weighted by Crippen LogP contribution is 2.36. The number of carbonyl (C=O) groups excluding carboxylic acids is 1. The van der Waals surface area contributed by atoms with E-state index >= 15 is 0 Å². The van der Waals surface area contributed by atoms with Crippen LogP contribution in [0.3, 0.4) is 0 Å². The molecule has 6 nitrogen and oxygen atoms in total. The third kappa shape index (κ3) is 6.95. The maximum atomic E-state index is 10.9. The number of hydrogen-bond acceptors (Lipinski definition) is 5. The second kappa shape index (κ2) is 11.5. The van der Waals surface area contributed by atoms with Crippen LogP contribution in [0.2, 0.25) is 5.02 Å². The van der Waals surface area contributed by atoms with Crippen LogP contribution in [0, 0.1) is 6.92 Å². The fourth-order valence-corrected chi connectivity index (χ4v) is 3.08. The predicted molar refractivity (Wildman–Crippen MR) is 120 cm³/mol. The van der Waals surface area contributed by atoms with Crippen molar-refractivity contribution in [3.05, 3.63) is 52.0 Å². The van der Waals surface area contributed by atoms with Crippen molar-refractivity contribution in [3.63, 3.8) is 0 Å². The van der Waals surface area contributed by atoms with Gasteiger partial charge in [-0.15, -0.1) is 0 Å². The summed E-state index contributed by atoms with van der Waals surface area (Å²) in [6.45, 7) is 10.7. The van der Waals surface area contributed by atoms with E-state index in [0.29, 0.717) is 47.8 Å². The first-order valence-corrected chi connectivity index (χ1v) is 10.3. The van der Waals surface area contributed by atoms with Gasteiger partial charge in [-0.05, 0) is 54.7 Å². The van der Waals surface area contributed by atoms with Gasteiger partial charge in [0, 0.05) is 6.92 Å². The quantitative estimate of drug-likeness (QED) is 0.322. The molecule has 7 heteroatoms. The first kappa shape index (κ1) is 23.5. The highest BCUT2D eigenvalue weighted by Gasteiger charge is 2.13. The third-order valence-corrected chi connectivity index (χ3v) is 4.43. The third-order valence-electron chi connectivity index (χ3n) is 4.15. The lowest BCUT2D eigenvalue weighted by Gasteiger charge is -2.17. The van der Waals surface area contributed by atoms with Crippen molar-refractivity contribution in [1.82, 2.24) is 5.43 Å². The molecule has 0 heterocycles. The molecular formula is C23H29ClN2O4. The average molecular weight is 433 g/mol. The summed E-state index contributed by atoms with van der Waals surface area (Å²) >= 11 is 6.40. The lowest BCUT2D eigenvalue weighted by molar-refractivity contribution is -0.118. The summed E-state index contributed by atoms with van der Waals surface area (Å²) < 4.78 is 17.5. The highest BCUT2D eigenvalue weighted by molar-refractivity contribution is 6.32. The van der Waals surface area contributed by atoms with Gasteiger partial charge in [-0.3, -0.25) is 4.79 Å². The monoisotopic (exact) mass is 432 g/mol. The Kier molecular flexibility index (Phi) is 8.99. The number of rotatable bonds is 10. The number of hydrogen-bond donors (Lipinski definition) is 1. The number of benzene rings is 2. The summed E-state index contributed by atoms with van der Waals surface area (Å²) in [7, 11) is 0. The molecule has 0 saturated carbocycles. The van der Waals surface area contributed by atoms with Gasteiger partial charge in [0.25, 0.3) is 0 Å². The van der Waals surface area contributed by atoms with Gasteiger partial charge >= 0.3 is 0 Å². The lowest BCUT2D eigenvalue weighted by Crippen LogP contribution is -2.12. The number of ether oxygens (including phenoxy) is 3. The molecule has 2 aromatic carbocycles. The molecule has 0 bridgehead atoms. The largest absolute Gasteiger partial charge is 0.490 e. The maximum absolute atomic E-state index is 10.9. The van der Waals surface area contributed by atoms with E-state index in [1.165, 1.54) is 13.1 Å². The number of nitrogens with zero attached hydrogens (tertiary/aromatic N) is 1. The Balaban J connectivity index is 2.06. The molecule has 1 amide bonds. The molecule has 0 spiro atoms. The smallest absolute Gasteiger partial charge is 0.236 e. The number of halogens is 1. The molecule has 0 saturated heterocycles. The molecule has 0 unspecified atom stereocenters. The molecule has 30 heavy (non-hydrogen) atoms. The molecule has 0 aliphatic rings. The second-order valence-corrected chi connectivity index (χ2v) is 7.49. The molecule has 0 aliphatic carbocycles. The molecular weight excluding hydrogens is 404 g/mol. The summed E-state index contributed by atoms with van der Waals surface area (Å²) in [6, 6.07) is 9.68. The minimum Gasteiger partial charge on any atom is -0.490 e. The van der Waals surface area contributed by atoms with Gasteiger partial charge in [-0.1, -0.05) is 37.6 Å². The van der Waals surface area contributed by atoms with E-state index in [1.54, 1.807) is 12.1 Å². The summed E-state index contributed by atoms with van der Waals surface area (Å²) in [5, 5.41) is 4.24. The Labute approximate surface area is 183 Å². The van der Waals surface area contributed by atoms with Crippen LogP contribution in [0.1, 0.15) is 50.3 Å². The lowest BCUT2D eigenvalue weighted by atomic mass is 10.0. The number of amides is 1. The van der Waals surface area contributed by atoms with Crippen molar-refractivity contribution in [2.24, 2.45) is 5.10 Å². The van der Waals surface area contributed by atoms with Crippen LogP contribution >= 0.6 is 11.6 Å². The number of carbonyl (C=O) groups is 1. The van der Waals surface area contributed by atoms with Gasteiger partial charge in [0.05, 0.1) is 17.8 Å². The Morgan fingerprint density at radius 2 is 1.87 bits per heavy atom. The van der Waals surface area contributed by atoms with Crippen LogP contribution in [-0.4, -0.2) is 31.9 Å². The van der Waals surface area contributed by atoms with Crippen molar-refractivity contribution in [3.8, 4) is 17.2 Å². The summed E-state index contributed by atoms with van der Waals surface area (Å²) in [4.78, 5) is 10.9. The first-order chi connectivity index (χ1) is 14.3. The molecule has 0 atom stereocenters. The fourth-order valence-electron chi connectivity index (χ4n) is 2.80. The Morgan fingerprint density at radius 3 is 2.53 bits per heavy atom. The van der Waals surface area contributed by atoms with Crippen LogP contribution in [0.25, 0.3) is 0 Å². The van der Waals surface area contributed by atoms with E-state index in [1.807, 2.05) is 19.9 Å². The van der Waals surface area contributed by atoms with Crippen molar-refractivity contribution in [2.45, 2.75) is 40.5 Å². The van der Waals surface area contributed by atoms with E-state index in [0.717, 1.165) is 16.9 Å². The number of hydrazone groups is 1. The summed E-state index contributed by atoms with van der Waals surface area (Å²) in [6.07, 6.45) is 1.49. The highest BCUT2D eigenvalue weighted by atomic mass is 35.5. The number of nitrogens with one attached hydrogen (secondary N) is 1. The minimum atomic E-state index is -0.253. The van der Waals surface area contributed by atoms with Gasteiger partial charge in [0.15, 0.2) is 11.5 Å². The average Bonchev–Trinajstić information content (AvgIpc) is 2.66. The van der Waals surface area contributed by atoms with Gasteiger partial charge in [0.2, 0.25) is 5.91 Å². The predicted octanol–water partition coefficient (Wildman–Crippen LogP) is 5.10. The zero-order valence-electron chi connectivity index (χ0n) is 18.1. The molecule has 2 aromatic rings. The zero-order chi connectivity index (χ0) is 22.1. The molecule has 0 aliphatic heterocycles. The molecule has 1 N–H and O–H groups in total. The van der Waals surface area contributed by atoms with E-state index < -0.39 is 0 Å². The van der Waals surface area contributed by atoms with Gasteiger partial charge in [-0.2, -0.15) is 5.10 Å². The molecule has 2 rings (SSSR count). The molecule has 0 radical (unpaired) electrons. The Morgan fingerprint density at radius 1 is 1.13 bits per heavy atom. The van der Waals surface area contributed by atoms with E-state index in [4.69, 9.17) is 25.8 Å². The SMILES string of the molecule is CCOc1cc(C=NNC(C)=O)cc(Cl)c1OCCOc1cc(C)ccc1C(C)C. The fraction of sp³-hybridized carbons (Fsp3) is 0.391. The van der Waals surface area contributed by atoms with Crippen LogP contribution in [0.5, 0.6) is 17.2 Å². The van der Waals surface area contributed by atoms with Gasteiger partial charge in [0.1, 0.15) is 19.0 Å². The Hall–Kier alpha value is -2.73. The number of aryl methyl sites for hydroxylation is 1. The van der Waals surface area contributed by atoms with Gasteiger partial charge < -0.3 is 14.2 Å². The molecule has 162 valence electrons. The maximum Gasteiger partial charge on any atom is 0.236 e. The van der Waals surface area contributed by atoms with Crippen LogP contribution in [-0.2, 0) is 4.79 Å². The normalized spacial score (nSPS) is 11.0. The van der Waals surface area contributed by atoms with E-state index in [9.17, 15) is 4.79 Å². The van der Waals surface area contributed by atoms with Crippen LogP contribution < -0.4 is 19.6 Å². The van der Waals surface area contributed by atoms with E-state index in [-0.39, 0.29) is 5.91 Å². The van der Waals surface area contributed by atoms with E-state index in [2.05, 4.69) is 36.5 Å². The first-order valence-electron chi connectivity index (χ1n) is 9.94. The molecule has 0 fully saturated rings. The minimum absolute atomic E-state index is 0.253. The van der Waals surface area contributed by atoms with Crippen molar-refractivity contribution in [2.75, 3.05) is 19.8 Å². The standard InChI is InChI=1S/C23H29ClN2O4/c1-6-28-22-13-18(14-25-26-17(5)27)12-20(24)23(22)30-10-9-29-21-11-16(4)7-8-19(21)15(2)3/h7-8,11-15H,6,9-10H2,1-5H3,(H,26,27).